The molecule has 0 aliphatic heterocycles. The summed E-state index contributed by atoms with van der Waals surface area (Å²) in [7, 11) is 0. The third kappa shape index (κ3) is 3.53. The molecule has 0 bridgehead atoms. The third-order valence-corrected chi connectivity index (χ3v) is 3.49. The first kappa shape index (κ1) is 13.5. The second-order valence-electron chi connectivity index (χ2n) is 4.90. The van der Waals surface area contributed by atoms with Crippen LogP contribution in [0.5, 0.6) is 0 Å². The average Bonchev–Trinajstić information content (AvgIpc) is 2.39. The fourth-order valence-corrected chi connectivity index (χ4v) is 2.46. The van der Waals surface area contributed by atoms with Crippen molar-refractivity contribution in [3.8, 4) is 0 Å². The standard InChI is InChI=1S/C14H16FNO3/c15-11-5-2-6-12(8-11)16-13(17)9-3-1-4-10(7-9)14(18)19/h2,5-6,8-10H,1,3-4,7H2,(H,16,17)(H,18,19). The number of amides is 1. The quantitative estimate of drug-likeness (QED) is 0.883. The van der Waals surface area contributed by atoms with Gasteiger partial charge in [-0.2, -0.15) is 0 Å². The fraction of sp³-hybridized carbons (Fsp3) is 0.429. The first-order chi connectivity index (χ1) is 9.06. The molecule has 0 aromatic heterocycles. The van der Waals surface area contributed by atoms with Gasteiger partial charge < -0.3 is 10.4 Å². The lowest BCUT2D eigenvalue weighted by Gasteiger charge is -2.25. The van der Waals surface area contributed by atoms with Gasteiger partial charge in [-0.25, -0.2) is 4.39 Å². The molecular formula is C14H16FNO3. The van der Waals surface area contributed by atoms with Gasteiger partial charge >= 0.3 is 5.97 Å². The van der Waals surface area contributed by atoms with E-state index in [1.165, 1.54) is 18.2 Å². The molecule has 4 nitrogen and oxygen atoms in total. The SMILES string of the molecule is O=C(O)C1CCCC(C(=O)Nc2cccc(F)c2)C1. The molecule has 0 heterocycles. The Balaban J connectivity index is 1.98. The highest BCUT2D eigenvalue weighted by Gasteiger charge is 2.30. The summed E-state index contributed by atoms with van der Waals surface area (Å²) in [6, 6.07) is 5.68. The maximum absolute atomic E-state index is 13.0. The Bertz CT molecular complexity index is 489. The van der Waals surface area contributed by atoms with Crippen LogP contribution in [0.2, 0.25) is 0 Å². The van der Waals surface area contributed by atoms with Crippen LogP contribution in [0.1, 0.15) is 25.7 Å². The van der Waals surface area contributed by atoms with Crippen LogP contribution in [-0.2, 0) is 9.59 Å². The molecule has 2 rings (SSSR count). The van der Waals surface area contributed by atoms with E-state index in [1.807, 2.05) is 0 Å². The van der Waals surface area contributed by atoms with E-state index in [4.69, 9.17) is 5.11 Å². The first-order valence-electron chi connectivity index (χ1n) is 6.35. The lowest BCUT2D eigenvalue weighted by molar-refractivity contribution is -0.143. The monoisotopic (exact) mass is 265 g/mol. The Labute approximate surface area is 110 Å². The smallest absolute Gasteiger partial charge is 0.306 e. The van der Waals surface area contributed by atoms with E-state index in [0.29, 0.717) is 24.9 Å². The number of carboxylic acids is 1. The van der Waals surface area contributed by atoms with Crippen molar-refractivity contribution in [3.05, 3.63) is 30.1 Å². The number of benzene rings is 1. The van der Waals surface area contributed by atoms with Gasteiger partial charge in [-0.1, -0.05) is 12.5 Å². The van der Waals surface area contributed by atoms with Gasteiger partial charge in [-0.15, -0.1) is 0 Å². The summed E-state index contributed by atoms with van der Waals surface area (Å²) in [6.07, 6.45) is 2.40. The van der Waals surface area contributed by atoms with Crippen LogP contribution in [0.4, 0.5) is 10.1 Å². The molecule has 1 aliphatic carbocycles. The molecule has 2 atom stereocenters. The predicted octanol–water partition coefficient (Wildman–Crippen LogP) is 2.66. The minimum atomic E-state index is -0.844. The zero-order valence-electron chi connectivity index (χ0n) is 10.4. The molecule has 0 saturated heterocycles. The summed E-state index contributed by atoms with van der Waals surface area (Å²) in [6.45, 7) is 0. The van der Waals surface area contributed by atoms with Crippen molar-refractivity contribution < 1.29 is 19.1 Å². The van der Waals surface area contributed by atoms with Gasteiger partial charge in [0.15, 0.2) is 0 Å². The van der Waals surface area contributed by atoms with E-state index in [2.05, 4.69) is 5.32 Å². The molecule has 0 radical (unpaired) electrons. The summed E-state index contributed by atoms with van der Waals surface area (Å²) in [5.41, 5.74) is 0.405. The Hall–Kier alpha value is -1.91. The second kappa shape index (κ2) is 5.82. The van der Waals surface area contributed by atoms with Gasteiger partial charge in [0.2, 0.25) is 5.91 Å². The Morgan fingerprint density at radius 2 is 2.00 bits per heavy atom. The number of nitrogens with one attached hydrogen (secondary N) is 1. The topological polar surface area (TPSA) is 66.4 Å². The molecule has 2 N–H and O–H groups in total. The Morgan fingerprint density at radius 3 is 2.68 bits per heavy atom. The zero-order valence-corrected chi connectivity index (χ0v) is 10.4. The fourth-order valence-electron chi connectivity index (χ4n) is 2.46. The van der Waals surface area contributed by atoms with E-state index in [0.717, 1.165) is 6.42 Å². The maximum Gasteiger partial charge on any atom is 0.306 e. The van der Waals surface area contributed by atoms with Crippen molar-refractivity contribution in [3.63, 3.8) is 0 Å². The summed E-state index contributed by atoms with van der Waals surface area (Å²) < 4.78 is 13.0. The second-order valence-corrected chi connectivity index (χ2v) is 4.90. The minimum Gasteiger partial charge on any atom is -0.481 e. The summed E-state index contributed by atoms with van der Waals surface area (Å²) in [5.74, 6) is -2.24. The van der Waals surface area contributed by atoms with Gasteiger partial charge in [-0.3, -0.25) is 9.59 Å². The van der Waals surface area contributed by atoms with Crippen molar-refractivity contribution in [2.24, 2.45) is 11.8 Å². The van der Waals surface area contributed by atoms with Crippen molar-refractivity contribution in [2.45, 2.75) is 25.7 Å². The number of carboxylic acid groups (broad SMARTS) is 1. The van der Waals surface area contributed by atoms with Crippen LogP contribution < -0.4 is 5.32 Å². The van der Waals surface area contributed by atoms with Crippen LogP contribution >= 0.6 is 0 Å². The molecular weight excluding hydrogens is 249 g/mol. The molecule has 2 unspecified atom stereocenters. The van der Waals surface area contributed by atoms with E-state index < -0.39 is 17.7 Å². The van der Waals surface area contributed by atoms with Crippen molar-refractivity contribution in [2.75, 3.05) is 5.32 Å². The summed E-state index contributed by atoms with van der Waals surface area (Å²) >= 11 is 0. The molecule has 1 fully saturated rings. The van der Waals surface area contributed by atoms with Crippen LogP contribution in [0.3, 0.4) is 0 Å². The van der Waals surface area contributed by atoms with Gasteiger partial charge in [0, 0.05) is 11.6 Å². The number of rotatable bonds is 3. The van der Waals surface area contributed by atoms with Crippen LogP contribution in [0, 0.1) is 17.7 Å². The maximum atomic E-state index is 13.0. The lowest BCUT2D eigenvalue weighted by Crippen LogP contribution is -2.30. The average molecular weight is 265 g/mol. The summed E-state index contributed by atoms with van der Waals surface area (Å²) in [5, 5.41) is 11.6. The summed E-state index contributed by atoms with van der Waals surface area (Å²) in [4.78, 5) is 23.0. The van der Waals surface area contributed by atoms with Gasteiger partial charge in [-0.05, 0) is 37.5 Å². The molecule has 1 aliphatic rings. The molecule has 1 amide bonds. The van der Waals surface area contributed by atoms with E-state index in [1.54, 1.807) is 6.07 Å². The number of carbonyl (C=O) groups excluding carboxylic acids is 1. The molecule has 1 aromatic rings. The molecule has 1 saturated carbocycles. The number of carbonyl (C=O) groups is 2. The largest absolute Gasteiger partial charge is 0.481 e. The Kier molecular flexibility index (Phi) is 4.14. The molecule has 5 heteroatoms. The number of hydrogen-bond donors (Lipinski definition) is 2. The highest BCUT2D eigenvalue weighted by molar-refractivity contribution is 5.92. The highest BCUT2D eigenvalue weighted by Crippen LogP contribution is 2.30. The number of aliphatic carboxylic acids is 1. The lowest BCUT2D eigenvalue weighted by atomic mass is 9.81. The Morgan fingerprint density at radius 1 is 1.26 bits per heavy atom. The number of anilines is 1. The molecule has 1 aromatic carbocycles. The molecule has 19 heavy (non-hydrogen) atoms. The van der Waals surface area contributed by atoms with Gasteiger partial charge in [0.25, 0.3) is 0 Å². The van der Waals surface area contributed by atoms with E-state index in [9.17, 15) is 14.0 Å². The zero-order chi connectivity index (χ0) is 13.8. The predicted molar refractivity (Wildman–Crippen MR) is 68.1 cm³/mol. The third-order valence-electron chi connectivity index (χ3n) is 3.49. The van der Waals surface area contributed by atoms with Gasteiger partial charge in [0.1, 0.15) is 5.82 Å². The van der Waals surface area contributed by atoms with Crippen molar-refractivity contribution >= 4 is 17.6 Å². The van der Waals surface area contributed by atoms with Crippen LogP contribution in [0.15, 0.2) is 24.3 Å². The molecule has 102 valence electrons. The normalized spacial score (nSPS) is 22.8. The minimum absolute atomic E-state index is 0.225. The van der Waals surface area contributed by atoms with Crippen LogP contribution in [-0.4, -0.2) is 17.0 Å². The number of hydrogen-bond acceptors (Lipinski definition) is 2. The van der Waals surface area contributed by atoms with Gasteiger partial charge in [0.05, 0.1) is 5.92 Å². The van der Waals surface area contributed by atoms with E-state index >= 15 is 0 Å². The van der Waals surface area contributed by atoms with E-state index in [-0.39, 0.29) is 11.8 Å². The van der Waals surface area contributed by atoms with Crippen molar-refractivity contribution in [1.29, 1.82) is 0 Å². The number of halogens is 1. The van der Waals surface area contributed by atoms with Crippen molar-refractivity contribution in [1.82, 2.24) is 0 Å². The highest BCUT2D eigenvalue weighted by atomic mass is 19.1. The first-order valence-corrected chi connectivity index (χ1v) is 6.35. The molecule has 0 spiro atoms. The van der Waals surface area contributed by atoms with Crippen LogP contribution in [0.25, 0.3) is 0 Å².